The molecule has 30 heavy (non-hydrogen) atoms. The molecule has 2 N–H and O–H groups in total. The molecule has 0 unspecified atom stereocenters. The van der Waals surface area contributed by atoms with E-state index in [4.69, 9.17) is 5.11 Å². The maximum Gasteiger partial charge on any atom is 0.304 e. The number of carbonyl (C=O) groups is 1. The molecule has 178 valence electrons. The van der Waals surface area contributed by atoms with E-state index in [1.54, 1.807) is 6.08 Å². The lowest BCUT2D eigenvalue weighted by atomic mass is 10.0. The molecule has 5 nitrogen and oxygen atoms in total. The van der Waals surface area contributed by atoms with Crippen LogP contribution in [0.15, 0.2) is 11.5 Å². The maximum atomic E-state index is 11.6. The summed E-state index contributed by atoms with van der Waals surface area (Å²) in [5, 5.41) is 9.66. The van der Waals surface area contributed by atoms with E-state index in [0.29, 0.717) is 0 Å². The highest BCUT2D eigenvalue weighted by atomic mass is 32.2. The zero-order valence-electron chi connectivity index (χ0n) is 19.4. The summed E-state index contributed by atoms with van der Waals surface area (Å²) < 4.78 is 25.5. The molecule has 0 aromatic rings. The minimum Gasteiger partial charge on any atom is -0.481 e. The van der Waals surface area contributed by atoms with E-state index in [2.05, 4.69) is 11.6 Å². The average molecular weight is 446 g/mol. The third kappa shape index (κ3) is 23.4. The molecule has 0 atom stereocenters. The molecule has 0 saturated carbocycles. The first-order valence-corrected chi connectivity index (χ1v) is 13.9. The first-order valence-electron chi connectivity index (χ1n) is 12.4. The smallest absolute Gasteiger partial charge is 0.304 e. The van der Waals surface area contributed by atoms with Gasteiger partial charge in [-0.15, -0.1) is 0 Å². The fourth-order valence-corrected chi connectivity index (χ4v) is 4.40. The van der Waals surface area contributed by atoms with Crippen LogP contribution in [-0.4, -0.2) is 26.0 Å². The molecular weight excluding hydrogens is 398 g/mol. The highest BCUT2D eigenvalue weighted by Gasteiger charge is 2.05. The fraction of sp³-hybridized carbons (Fsp3) is 0.875. The SMILES string of the molecule is CCCCCCCCCCCCCCCCCCC/C=C/S(=O)(=O)NCCC(=O)O. The summed E-state index contributed by atoms with van der Waals surface area (Å²) >= 11 is 0. The number of carboxylic acid groups (broad SMARTS) is 1. The summed E-state index contributed by atoms with van der Waals surface area (Å²) in [6.45, 7) is 2.20. The molecule has 0 rings (SSSR count). The van der Waals surface area contributed by atoms with E-state index < -0.39 is 16.0 Å². The molecular formula is C24H47NO4S. The predicted molar refractivity (Wildman–Crippen MR) is 127 cm³/mol. The second-order valence-corrected chi connectivity index (χ2v) is 10.1. The molecule has 0 saturated heterocycles. The molecule has 6 heteroatoms. The number of hydrogen-bond donors (Lipinski definition) is 2. The number of unbranched alkanes of at least 4 members (excludes halogenated alkanes) is 17. The lowest BCUT2D eigenvalue weighted by Crippen LogP contribution is -2.24. The van der Waals surface area contributed by atoms with Crippen molar-refractivity contribution in [3.8, 4) is 0 Å². The molecule has 0 radical (unpaired) electrons. The lowest BCUT2D eigenvalue weighted by Gasteiger charge is -2.03. The Morgan fingerprint density at radius 1 is 0.733 bits per heavy atom. The number of hydrogen-bond acceptors (Lipinski definition) is 3. The van der Waals surface area contributed by atoms with Gasteiger partial charge in [0.05, 0.1) is 6.42 Å². The van der Waals surface area contributed by atoms with Crippen LogP contribution in [0.4, 0.5) is 0 Å². The van der Waals surface area contributed by atoms with Gasteiger partial charge in [-0.1, -0.05) is 116 Å². The Morgan fingerprint density at radius 3 is 1.53 bits per heavy atom. The summed E-state index contributed by atoms with van der Waals surface area (Å²) in [7, 11) is -3.49. The van der Waals surface area contributed by atoms with Crippen LogP contribution in [0, 0.1) is 0 Å². The van der Waals surface area contributed by atoms with Crippen LogP contribution in [0.1, 0.15) is 129 Å². The van der Waals surface area contributed by atoms with Crippen molar-refractivity contribution in [2.45, 2.75) is 129 Å². The van der Waals surface area contributed by atoms with E-state index >= 15 is 0 Å². The largest absolute Gasteiger partial charge is 0.481 e. The van der Waals surface area contributed by atoms with Crippen LogP contribution in [0.3, 0.4) is 0 Å². The van der Waals surface area contributed by atoms with Crippen LogP contribution in [0.2, 0.25) is 0 Å². The molecule has 0 aliphatic carbocycles. The quantitative estimate of drug-likeness (QED) is 0.167. The summed E-state index contributed by atoms with van der Waals surface area (Å²) in [5.74, 6) is -1.01. The van der Waals surface area contributed by atoms with Crippen molar-refractivity contribution in [2.75, 3.05) is 6.54 Å². The summed E-state index contributed by atoms with van der Waals surface area (Å²) in [4.78, 5) is 10.4. The van der Waals surface area contributed by atoms with Crippen molar-refractivity contribution >= 4 is 16.0 Å². The standard InChI is InChI=1S/C24H47NO4S/c1-2-3-4-5-6-7-8-9-10-11-12-13-14-15-16-17-18-19-20-23-30(28,29)25-22-21-24(26)27/h20,23,25H,2-19,21-22H2,1H3,(H,26,27)/b23-20+. The Balaban J connectivity index is 3.30. The van der Waals surface area contributed by atoms with Crippen LogP contribution in [0.25, 0.3) is 0 Å². The number of nitrogens with one attached hydrogen (secondary N) is 1. The lowest BCUT2D eigenvalue weighted by molar-refractivity contribution is -0.136. The average Bonchev–Trinajstić information content (AvgIpc) is 2.69. The Morgan fingerprint density at radius 2 is 1.13 bits per heavy atom. The second kappa shape index (κ2) is 21.4. The van der Waals surface area contributed by atoms with E-state index in [1.165, 1.54) is 96.3 Å². The van der Waals surface area contributed by atoms with Gasteiger partial charge < -0.3 is 5.11 Å². The van der Waals surface area contributed by atoms with E-state index in [1.807, 2.05) is 0 Å². The van der Waals surface area contributed by atoms with Gasteiger partial charge in [-0.3, -0.25) is 4.79 Å². The summed E-state index contributed by atoms with van der Waals surface area (Å²) in [5.41, 5.74) is 0. The van der Waals surface area contributed by atoms with Crippen molar-refractivity contribution in [1.29, 1.82) is 0 Å². The molecule has 0 aromatic carbocycles. The minimum absolute atomic E-state index is 0.0683. The fourth-order valence-electron chi connectivity index (χ4n) is 3.53. The van der Waals surface area contributed by atoms with Gasteiger partial charge in [-0.25, -0.2) is 13.1 Å². The van der Waals surface area contributed by atoms with Gasteiger partial charge in [-0.2, -0.15) is 0 Å². The van der Waals surface area contributed by atoms with Gasteiger partial charge in [-0.05, 0) is 12.8 Å². The van der Waals surface area contributed by atoms with Crippen molar-refractivity contribution in [3.63, 3.8) is 0 Å². The molecule has 0 aromatic heterocycles. The van der Waals surface area contributed by atoms with Crippen molar-refractivity contribution in [1.82, 2.24) is 4.72 Å². The number of allylic oxidation sites excluding steroid dienone is 1. The highest BCUT2D eigenvalue weighted by Crippen LogP contribution is 2.14. The Labute approximate surface area is 186 Å². The molecule has 0 amide bonds. The number of sulfonamides is 1. The number of rotatable bonds is 23. The molecule has 0 heterocycles. The predicted octanol–water partition coefficient (Wildman–Crippen LogP) is 6.94. The van der Waals surface area contributed by atoms with Crippen LogP contribution < -0.4 is 4.72 Å². The van der Waals surface area contributed by atoms with Crippen molar-refractivity contribution in [2.24, 2.45) is 0 Å². The van der Waals surface area contributed by atoms with Gasteiger partial charge in [0.1, 0.15) is 0 Å². The zero-order valence-corrected chi connectivity index (χ0v) is 20.2. The number of aliphatic carboxylic acids is 1. The van der Waals surface area contributed by atoms with E-state index in [9.17, 15) is 13.2 Å². The second-order valence-electron chi connectivity index (χ2n) is 8.40. The Hall–Kier alpha value is -0.880. The maximum absolute atomic E-state index is 11.6. The van der Waals surface area contributed by atoms with Gasteiger partial charge in [0, 0.05) is 12.0 Å². The molecule has 0 bridgehead atoms. The molecule has 0 aliphatic heterocycles. The highest BCUT2D eigenvalue weighted by molar-refractivity contribution is 7.92. The van der Waals surface area contributed by atoms with Gasteiger partial charge in [0.2, 0.25) is 10.0 Å². The van der Waals surface area contributed by atoms with Gasteiger partial charge in [0.25, 0.3) is 0 Å². The van der Waals surface area contributed by atoms with Crippen LogP contribution >= 0.6 is 0 Å². The monoisotopic (exact) mass is 445 g/mol. The Kier molecular flexibility index (Phi) is 20.7. The van der Waals surface area contributed by atoms with Gasteiger partial charge in [0.15, 0.2) is 0 Å². The summed E-state index contributed by atoms with van der Waals surface area (Å²) in [6, 6.07) is 0. The molecule has 0 aliphatic rings. The zero-order chi connectivity index (χ0) is 22.3. The van der Waals surface area contributed by atoms with Crippen molar-refractivity contribution < 1.29 is 18.3 Å². The normalized spacial score (nSPS) is 12.0. The summed E-state index contributed by atoms with van der Waals surface area (Å²) in [6.07, 6.45) is 24.9. The van der Waals surface area contributed by atoms with E-state index in [-0.39, 0.29) is 13.0 Å². The molecule has 0 spiro atoms. The molecule has 0 fully saturated rings. The van der Waals surface area contributed by atoms with Crippen LogP contribution in [-0.2, 0) is 14.8 Å². The first kappa shape index (κ1) is 29.1. The minimum atomic E-state index is -3.49. The third-order valence-electron chi connectivity index (χ3n) is 5.39. The van der Waals surface area contributed by atoms with Crippen LogP contribution in [0.5, 0.6) is 0 Å². The Bertz CT molecular complexity index is 517. The number of carboxylic acids is 1. The third-order valence-corrected chi connectivity index (χ3v) is 6.55. The topological polar surface area (TPSA) is 83.5 Å². The van der Waals surface area contributed by atoms with Crippen molar-refractivity contribution in [3.05, 3.63) is 11.5 Å². The van der Waals surface area contributed by atoms with Gasteiger partial charge >= 0.3 is 5.97 Å². The van der Waals surface area contributed by atoms with E-state index in [0.717, 1.165) is 24.7 Å². The first-order chi connectivity index (χ1) is 14.5.